The molecule has 3 fully saturated rings. The smallest absolute Gasteiger partial charge is 0.352 e. The van der Waals surface area contributed by atoms with Gasteiger partial charge >= 0.3 is 29.8 Å². The van der Waals surface area contributed by atoms with Crippen LogP contribution in [0.2, 0.25) is 0 Å². The van der Waals surface area contributed by atoms with Gasteiger partial charge in [-0.05, 0) is 49.8 Å². The zero-order valence-corrected chi connectivity index (χ0v) is 31.1. The largest absolute Gasteiger partial charge is 0.472 e. The van der Waals surface area contributed by atoms with Gasteiger partial charge in [0.05, 0.1) is 25.6 Å². The zero-order valence-electron chi connectivity index (χ0n) is 31.1. The van der Waals surface area contributed by atoms with Crippen molar-refractivity contribution < 1.29 is 67.1 Å². The van der Waals surface area contributed by atoms with Crippen molar-refractivity contribution in [1.29, 1.82) is 0 Å². The van der Waals surface area contributed by atoms with E-state index in [0.717, 1.165) is 14.0 Å². The summed E-state index contributed by atoms with van der Waals surface area (Å²) in [5.41, 5.74) is -6.73. The lowest BCUT2D eigenvalue weighted by Crippen LogP contribution is -2.81. The molecule has 14 heteroatoms. The van der Waals surface area contributed by atoms with Gasteiger partial charge in [0.2, 0.25) is 11.7 Å². The molecule has 2 saturated carbocycles. The van der Waals surface area contributed by atoms with Gasteiger partial charge < -0.3 is 38.3 Å². The number of Topliss-reactive ketones (excluding diaryl/α,β-unsaturated/α-hetero) is 1. The molecule has 14 nitrogen and oxygen atoms in total. The summed E-state index contributed by atoms with van der Waals surface area (Å²) in [5, 5.41) is 25.0. The van der Waals surface area contributed by atoms with Crippen LogP contribution in [-0.4, -0.2) is 83.0 Å². The summed E-state index contributed by atoms with van der Waals surface area (Å²) < 4.78 is 34.1. The van der Waals surface area contributed by atoms with Crippen LogP contribution >= 0.6 is 0 Å². The average Bonchev–Trinajstić information content (AvgIpc) is 3.62. The summed E-state index contributed by atoms with van der Waals surface area (Å²) in [5.74, 6) is -8.77. The second-order valence-corrected chi connectivity index (χ2v) is 15.7. The summed E-state index contributed by atoms with van der Waals surface area (Å²) in [6, 6.07) is 1.61. The number of cyclic esters (lactones) is 1. The van der Waals surface area contributed by atoms with Crippen LogP contribution in [0.15, 0.2) is 45.8 Å². The summed E-state index contributed by atoms with van der Waals surface area (Å²) >= 11 is 0. The van der Waals surface area contributed by atoms with E-state index in [9.17, 15) is 34.2 Å². The summed E-state index contributed by atoms with van der Waals surface area (Å²) in [6.45, 7) is 13.6. The highest BCUT2D eigenvalue weighted by Crippen LogP contribution is 2.69. The predicted molar refractivity (Wildman–Crippen MR) is 178 cm³/mol. The van der Waals surface area contributed by atoms with Crippen molar-refractivity contribution in [2.45, 2.75) is 111 Å². The Morgan fingerprint density at radius 1 is 1.02 bits per heavy atom. The van der Waals surface area contributed by atoms with Crippen LogP contribution in [0.25, 0.3) is 0 Å². The summed E-state index contributed by atoms with van der Waals surface area (Å²) in [7, 11) is 1.07. The van der Waals surface area contributed by atoms with Crippen LogP contribution in [0.1, 0.15) is 86.8 Å². The number of ketones is 1. The molecular weight excluding hydrogens is 680 g/mol. The number of carbonyl (C=O) groups is 6. The van der Waals surface area contributed by atoms with Gasteiger partial charge in [-0.15, -0.1) is 0 Å². The van der Waals surface area contributed by atoms with Gasteiger partial charge in [0, 0.05) is 40.2 Å². The lowest BCUT2D eigenvalue weighted by atomic mass is 9.38. The lowest BCUT2D eigenvalue weighted by molar-refractivity contribution is -0.266. The maximum atomic E-state index is 15.3. The maximum absolute atomic E-state index is 15.3. The molecule has 0 spiro atoms. The molecule has 2 N–H and O–H groups in total. The Hall–Kier alpha value is -4.30. The van der Waals surface area contributed by atoms with E-state index in [4.69, 9.17) is 28.1 Å². The molecule has 4 aliphatic rings. The molecule has 1 aliphatic heterocycles. The van der Waals surface area contributed by atoms with Crippen LogP contribution in [0, 0.1) is 34.0 Å². The average molecular weight is 729 g/mol. The molecule has 0 unspecified atom stereocenters. The Labute approximate surface area is 301 Å². The van der Waals surface area contributed by atoms with Crippen molar-refractivity contribution in [2.75, 3.05) is 7.11 Å². The third-order valence-electron chi connectivity index (χ3n) is 11.9. The molecule has 284 valence electrons. The Balaban J connectivity index is 1.95. The molecule has 1 saturated heterocycles. The number of methoxy groups -OCH3 is 1. The van der Waals surface area contributed by atoms with Crippen molar-refractivity contribution in [3.63, 3.8) is 0 Å². The first-order chi connectivity index (χ1) is 24.1. The van der Waals surface area contributed by atoms with Crippen molar-refractivity contribution in [3.8, 4) is 0 Å². The van der Waals surface area contributed by atoms with E-state index in [0.29, 0.717) is 5.56 Å². The van der Waals surface area contributed by atoms with Gasteiger partial charge in [-0.25, -0.2) is 14.4 Å². The molecule has 1 aromatic rings. The normalized spacial score (nSPS) is 35.8. The van der Waals surface area contributed by atoms with E-state index >= 15 is 4.79 Å². The molecule has 10 atom stereocenters. The minimum Gasteiger partial charge on any atom is -0.472 e. The number of esters is 5. The second-order valence-electron chi connectivity index (χ2n) is 15.7. The molecule has 2 bridgehead atoms. The van der Waals surface area contributed by atoms with E-state index in [1.165, 1.54) is 32.4 Å². The number of furan rings is 1. The molecule has 5 rings (SSSR count). The molecule has 3 aliphatic carbocycles. The molecule has 2 heterocycles. The Morgan fingerprint density at radius 3 is 2.21 bits per heavy atom. The highest BCUT2D eigenvalue weighted by molar-refractivity contribution is 6.00. The highest BCUT2D eigenvalue weighted by atomic mass is 16.6. The number of fused-ring (bicyclic) bond motifs is 5. The number of rotatable bonds is 8. The fourth-order valence-corrected chi connectivity index (χ4v) is 9.50. The Morgan fingerprint density at radius 2 is 1.67 bits per heavy atom. The molecule has 1 aromatic heterocycles. The second kappa shape index (κ2) is 13.3. The van der Waals surface area contributed by atoms with Crippen LogP contribution in [0.4, 0.5) is 0 Å². The molecule has 0 amide bonds. The minimum absolute atomic E-state index is 0.0742. The first-order valence-corrected chi connectivity index (χ1v) is 17.4. The standard InChI is InChI=1S/C38H48O14/c1-11-18(4)30(42)52-34-35(6,7)26(24(40)31(43)47-10)37(9)21-12-14-36(8)23(22(21)28(38(34,46)33(37)45)51-29(41)17(2)3)25(49-19(5)39)32(44)50-27(36)20-13-15-48-16-20/h11,13,15-17,21,24-28,34,40,46H,12,14H2,1-10H3/b18-11+/t21-,24+,25+,26-,27-,28-,34-,36+,37+,38-/m0/s1. The number of hydrogen-bond donors (Lipinski definition) is 2. The lowest BCUT2D eigenvalue weighted by Gasteiger charge is -2.67. The van der Waals surface area contributed by atoms with E-state index in [1.807, 2.05) is 0 Å². The van der Waals surface area contributed by atoms with Crippen molar-refractivity contribution in [3.05, 3.63) is 47.0 Å². The SMILES string of the molecule is C/C=C(\C)C(=O)O[C@H]1C(C)(C)[C@H]([C@@H](O)C(=O)OC)[C@]2(C)C(=O)[C@@]1(O)[C@@H](OC(=O)C(C)C)C1=C3[C@@H](OC(C)=O)C(=O)O[C@@H](c4ccoc4)[C@]3(C)CC[C@@H]12. The fraction of sp³-hybridized carbons (Fsp3) is 0.632. The highest BCUT2D eigenvalue weighted by Gasteiger charge is 2.80. The number of ether oxygens (including phenoxy) is 5. The van der Waals surface area contributed by atoms with E-state index in [1.54, 1.807) is 47.6 Å². The van der Waals surface area contributed by atoms with Gasteiger partial charge in [0.25, 0.3) is 0 Å². The Kier molecular flexibility index (Phi) is 9.94. The van der Waals surface area contributed by atoms with Gasteiger partial charge in [0.15, 0.2) is 18.0 Å². The zero-order chi connectivity index (χ0) is 38.9. The first-order valence-electron chi connectivity index (χ1n) is 17.4. The van der Waals surface area contributed by atoms with Crippen LogP contribution < -0.4 is 0 Å². The number of carbonyl (C=O) groups excluding carboxylic acids is 6. The number of allylic oxidation sites excluding steroid dienone is 1. The minimum atomic E-state index is -2.86. The van der Waals surface area contributed by atoms with Gasteiger partial charge in [-0.2, -0.15) is 0 Å². The van der Waals surface area contributed by atoms with Crippen molar-refractivity contribution in [2.24, 2.45) is 34.0 Å². The summed E-state index contributed by atoms with van der Waals surface area (Å²) in [4.78, 5) is 82.3. The maximum Gasteiger partial charge on any atom is 0.352 e. The topological polar surface area (TPSA) is 202 Å². The van der Waals surface area contributed by atoms with Crippen molar-refractivity contribution in [1.82, 2.24) is 0 Å². The third-order valence-corrected chi connectivity index (χ3v) is 11.9. The third kappa shape index (κ3) is 5.51. The number of aliphatic hydroxyl groups excluding tert-OH is 1. The molecular formula is C38H48O14. The first kappa shape index (κ1) is 38.9. The van der Waals surface area contributed by atoms with Crippen molar-refractivity contribution >= 4 is 35.6 Å². The molecule has 0 aromatic carbocycles. The number of aliphatic hydroxyl groups is 2. The molecule has 0 radical (unpaired) electrons. The quantitative estimate of drug-likeness (QED) is 0.170. The molecule has 52 heavy (non-hydrogen) atoms. The number of hydrogen-bond acceptors (Lipinski definition) is 14. The van der Waals surface area contributed by atoms with Crippen LogP contribution in [0.3, 0.4) is 0 Å². The van der Waals surface area contributed by atoms with Crippen LogP contribution in [0.5, 0.6) is 0 Å². The van der Waals surface area contributed by atoms with Crippen LogP contribution in [-0.2, 0) is 52.5 Å². The van der Waals surface area contributed by atoms with Gasteiger partial charge in [0.1, 0.15) is 12.2 Å². The summed E-state index contributed by atoms with van der Waals surface area (Å²) in [6.07, 6.45) is -3.86. The fourth-order valence-electron chi connectivity index (χ4n) is 9.50. The Bertz CT molecular complexity index is 1730. The van der Waals surface area contributed by atoms with Gasteiger partial charge in [-0.3, -0.25) is 14.4 Å². The van der Waals surface area contributed by atoms with E-state index in [-0.39, 0.29) is 29.6 Å². The van der Waals surface area contributed by atoms with E-state index in [2.05, 4.69) is 0 Å². The monoisotopic (exact) mass is 728 g/mol. The van der Waals surface area contributed by atoms with Gasteiger partial charge in [-0.1, -0.05) is 47.6 Å². The van der Waals surface area contributed by atoms with E-state index < -0.39 is 106 Å². The predicted octanol–water partition coefficient (Wildman–Crippen LogP) is 3.48.